The first-order valence-corrected chi connectivity index (χ1v) is 21.2. The van der Waals surface area contributed by atoms with Gasteiger partial charge >= 0.3 is 0 Å². The lowest BCUT2D eigenvalue weighted by molar-refractivity contribution is 0.0937. The van der Waals surface area contributed by atoms with Gasteiger partial charge in [-0.25, -0.2) is 4.68 Å². The Morgan fingerprint density at radius 1 is 0.581 bits per heavy atom. The molecule has 1 aromatic heterocycles. The zero-order valence-electron chi connectivity index (χ0n) is 34.2. The molecule has 316 valence electrons. The van der Waals surface area contributed by atoms with E-state index in [1.165, 1.54) is 4.68 Å². The number of anilines is 6. The summed E-state index contributed by atoms with van der Waals surface area (Å²) in [5.41, 5.74) is 6.52. The maximum atomic E-state index is 13.7. The van der Waals surface area contributed by atoms with Crippen molar-refractivity contribution in [3.8, 4) is 17.2 Å². The number of benzene rings is 5. The molecular weight excluding hydrogens is 783 g/mol. The van der Waals surface area contributed by atoms with Crippen molar-refractivity contribution >= 4 is 51.8 Å². The summed E-state index contributed by atoms with van der Waals surface area (Å²) in [5, 5.41) is 26.9. The van der Waals surface area contributed by atoms with Crippen LogP contribution >= 0.6 is 0 Å². The van der Waals surface area contributed by atoms with E-state index in [2.05, 4.69) is 42.3 Å². The van der Waals surface area contributed by atoms with E-state index in [4.69, 9.17) is 9.47 Å². The second kappa shape index (κ2) is 18.6. The molecule has 5 aromatic carbocycles. The number of carbonyl (C=O) groups is 3. The number of hydrogen-bond donors (Lipinski definition) is 7. The van der Waals surface area contributed by atoms with Crippen molar-refractivity contribution in [2.75, 3.05) is 54.0 Å². The standard InChI is InChI=1S/C48H49N9O5/c58-46(54-36-8-4-32(5-9-36)52-34-12-16-39(17-13-34)61-41-20-25-49-26-21-41)31-2-1-3-38(30-31)57-45-43(24-29-51-48(45)60)44(56-57)47(59)55-37-10-6-33(7-11-37)53-35-14-18-40(19-15-35)62-42-22-27-50-28-23-42/h1-19,30,41-42,49-50,52-53H,20-29H2,(H,51,60)(H,54,58)(H,55,59). The van der Waals surface area contributed by atoms with Crippen LogP contribution in [0.1, 0.15) is 62.6 Å². The fourth-order valence-electron chi connectivity index (χ4n) is 7.90. The van der Waals surface area contributed by atoms with Crippen molar-refractivity contribution in [3.63, 3.8) is 0 Å². The molecule has 2 saturated heterocycles. The van der Waals surface area contributed by atoms with Crippen LogP contribution in [0.15, 0.2) is 121 Å². The number of aromatic nitrogens is 2. The van der Waals surface area contributed by atoms with E-state index in [1.807, 2.05) is 97.1 Å². The largest absolute Gasteiger partial charge is 0.490 e. The van der Waals surface area contributed by atoms with Crippen LogP contribution in [0.5, 0.6) is 11.5 Å². The third-order valence-electron chi connectivity index (χ3n) is 11.2. The molecule has 0 saturated carbocycles. The molecule has 62 heavy (non-hydrogen) atoms. The molecule has 3 aliphatic rings. The van der Waals surface area contributed by atoms with Crippen LogP contribution in [0.2, 0.25) is 0 Å². The SMILES string of the molecule is O=C(Nc1ccc(Nc2ccc(OC3CCNCC3)cc2)cc1)c1cccc(-n2nc(C(=O)Nc3ccc(Nc4ccc(OC5CCNCC5)cc4)cc3)c3c2C(=O)NCC3)c1. The van der Waals surface area contributed by atoms with Gasteiger partial charge in [0.1, 0.15) is 29.4 Å². The van der Waals surface area contributed by atoms with Crippen LogP contribution in [0.4, 0.5) is 34.1 Å². The van der Waals surface area contributed by atoms with Gasteiger partial charge in [0.15, 0.2) is 5.69 Å². The highest BCUT2D eigenvalue weighted by atomic mass is 16.5. The smallest absolute Gasteiger partial charge is 0.276 e. The first-order chi connectivity index (χ1) is 30.4. The molecular formula is C48H49N9O5. The number of nitrogens with one attached hydrogen (secondary N) is 7. The normalized spacial score (nSPS) is 15.5. The molecule has 14 nitrogen and oxygen atoms in total. The van der Waals surface area contributed by atoms with Gasteiger partial charge in [0.25, 0.3) is 17.7 Å². The van der Waals surface area contributed by atoms with Crippen LogP contribution in [0.25, 0.3) is 5.69 Å². The van der Waals surface area contributed by atoms with Gasteiger partial charge in [-0.2, -0.15) is 5.10 Å². The summed E-state index contributed by atoms with van der Waals surface area (Å²) in [6.07, 6.45) is 4.91. The van der Waals surface area contributed by atoms with Crippen LogP contribution in [-0.4, -0.2) is 72.4 Å². The molecule has 0 bridgehead atoms. The Bertz CT molecular complexity index is 2510. The second-order valence-corrected chi connectivity index (χ2v) is 15.6. The number of fused-ring (bicyclic) bond motifs is 1. The van der Waals surface area contributed by atoms with Gasteiger partial charge in [-0.3, -0.25) is 14.4 Å². The predicted molar refractivity (Wildman–Crippen MR) is 241 cm³/mol. The van der Waals surface area contributed by atoms with Gasteiger partial charge in [0.2, 0.25) is 0 Å². The molecule has 9 rings (SSSR count). The Kier molecular flexibility index (Phi) is 12.1. The van der Waals surface area contributed by atoms with Crippen molar-refractivity contribution in [2.24, 2.45) is 0 Å². The summed E-state index contributed by atoms with van der Waals surface area (Å²) in [5.74, 6) is 0.587. The van der Waals surface area contributed by atoms with Crippen LogP contribution < -0.4 is 46.7 Å². The van der Waals surface area contributed by atoms with E-state index in [0.717, 1.165) is 86.1 Å². The Labute approximate surface area is 359 Å². The number of piperidine rings is 2. The summed E-state index contributed by atoms with van der Waals surface area (Å²) in [6, 6.07) is 37.4. The van der Waals surface area contributed by atoms with Crippen LogP contribution in [0.3, 0.4) is 0 Å². The highest BCUT2D eigenvalue weighted by Gasteiger charge is 2.31. The Morgan fingerprint density at radius 3 is 1.56 bits per heavy atom. The molecule has 14 heteroatoms. The second-order valence-electron chi connectivity index (χ2n) is 15.6. The third-order valence-corrected chi connectivity index (χ3v) is 11.2. The Balaban J connectivity index is 0.825. The summed E-state index contributed by atoms with van der Waals surface area (Å²) < 4.78 is 13.7. The number of nitrogens with zero attached hydrogens (tertiary/aromatic N) is 2. The zero-order valence-corrected chi connectivity index (χ0v) is 34.2. The maximum absolute atomic E-state index is 13.7. The van der Waals surface area contributed by atoms with Gasteiger partial charge in [0, 0.05) is 51.8 Å². The molecule has 0 aliphatic carbocycles. The number of carbonyl (C=O) groups excluding carboxylic acids is 3. The number of rotatable bonds is 13. The van der Waals surface area contributed by atoms with E-state index in [0.29, 0.717) is 41.2 Å². The van der Waals surface area contributed by atoms with Gasteiger partial charge in [-0.05, 0) is 174 Å². The quantitative estimate of drug-likeness (QED) is 0.0622. The first kappa shape index (κ1) is 40.3. The molecule has 0 unspecified atom stereocenters. The summed E-state index contributed by atoms with van der Waals surface area (Å²) >= 11 is 0. The van der Waals surface area contributed by atoms with E-state index < -0.39 is 5.91 Å². The van der Waals surface area contributed by atoms with Gasteiger partial charge < -0.3 is 46.7 Å². The van der Waals surface area contributed by atoms with Gasteiger partial charge in [-0.1, -0.05) is 6.07 Å². The topological polar surface area (TPSA) is 172 Å². The van der Waals surface area contributed by atoms with Crippen molar-refractivity contribution in [1.82, 2.24) is 25.7 Å². The van der Waals surface area contributed by atoms with Crippen LogP contribution in [-0.2, 0) is 6.42 Å². The third kappa shape index (κ3) is 9.72. The lowest BCUT2D eigenvalue weighted by Crippen LogP contribution is -2.34. The van der Waals surface area contributed by atoms with Gasteiger partial charge in [0.05, 0.1) is 5.69 Å². The molecule has 3 aliphatic heterocycles. The Hall–Kier alpha value is -7.16. The van der Waals surface area contributed by atoms with E-state index in [9.17, 15) is 14.4 Å². The summed E-state index contributed by atoms with van der Waals surface area (Å²) in [6.45, 7) is 4.28. The molecule has 7 N–H and O–H groups in total. The lowest BCUT2D eigenvalue weighted by atomic mass is 10.0. The average Bonchev–Trinajstić information content (AvgIpc) is 3.71. The molecule has 2 fully saturated rings. The molecule has 4 heterocycles. The highest BCUT2D eigenvalue weighted by Crippen LogP contribution is 2.28. The van der Waals surface area contributed by atoms with Crippen molar-refractivity contribution in [3.05, 3.63) is 144 Å². The molecule has 0 spiro atoms. The number of hydrogen-bond acceptors (Lipinski definition) is 10. The Morgan fingerprint density at radius 2 is 1.05 bits per heavy atom. The fraction of sp³-hybridized carbons (Fsp3) is 0.250. The minimum atomic E-state index is -0.440. The zero-order chi connectivity index (χ0) is 42.3. The lowest BCUT2D eigenvalue weighted by Gasteiger charge is -2.23. The predicted octanol–water partition coefficient (Wildman–Crippen LogP) is 7.41. The molecule has 0 atom stereocenters. The van der Waals surface area contributed by atoms with Gasteiger partial charge in [-0.15, -0.1) is 0 Å². The molecule has 6 aromatic rings. The maximum Gasteiger partial charge on any atom is 0.276 e. The average molecular weight is 832 g/mol. The molecule has 0 radical (unpaired) electrons. The fourth-order valence-corrected chi connectivity index (χ4v) is 7.90. The monoisotopic (exact) mass is 831 g/mol. The number of amides is 3. The summed E-state index contributed by atoms with van der Waals surface area (Å²) in [4.78, 5) is 40.5. The minimum absolute atomic E-state index is 0.147. The first-order valence-electron chi connectivity index (χ1n) is 21.2. The van der Waals surface area contributed by atoms with E-state index in [1.54, 1.807) is 24.3 Å². The highest BCUT2D eigenvalue weighted by molar-refractivity contribution is 6.07. The van der Waals surface area contributed by atoms with E-state index in [-0.39, 0.29) is 35.4 Å². The van der Waals surface area contributed by atoms with Crippen molar-refractivity contribution < 1.29 is 23.9 Å². The summed E-state index contributed by atoms with van der Waals surface area (Å²) in [7, 11) is 0. The van der Waals surface area contributed by atoms with Crippen LogP contribution in [0, 0.1) is 0 Å². The van der Waals surface area contributed by atoms with Crippen molar-refractivity contribution in [2.45, 2.75) is 44.3 Å². The molecule has 3 amide bonds. The van der Waals surface area contributed by atoms with Crippen molar-refractivity contribution in [1.29, 1.82) is 0 Å². The minimum Gasteiger partial charge on any atom is -0.490 e. The number of ether oxygens (including phenoxy) is 2. The van der Waals surface area contributed by atoms with E-state index >= 15 is 0 Å².